The van der Waals surface area contributed by atoms with Gasteiger partial charge in [-0.2, -0.15) is 0 Å². The quantitative estimate of drug-likeness (QED) is 0.889. The Morgan fingerprint density at radius 2 is 1.83 bits per heavy atom. The maximum Gasteiger partial charge on any atom is 0.120 e. The van der Waals surface area contributed by atoms with E-state index in [1.165, 1.54) is 17.2 Å². The first-order valence-electron chi connectivity index (χ1n) is 6.69. The van der Waals surface area contributed by atoms with Gasteiger partial charge in [0, 0.05) is 0 Å². The van der Waals surface area contributed by atoms with E-state index >= 15 is 0 Å². The molecule has 18 heavy (non-hydrogen) atoms. The third-order valence-corrected chi connectivity index (χ3v) is 3.92. The summed E-state index contributed by atoms with van der Waals surface area (Å²) >= 11 is 0. The van der Waals surface area contributed by atoms with Crippen LogP contribution in [0.1, 0.15) is 25.7 Å². The van der Waals surface area contributed by atoms with Gasteiger partial charge in [0.05, 0.1) is 0 Å². The molecule has 3 rings (SSSR count). The van der Waals surface area contributed by atoms with Crippen molar-refractivity contribution in [2.45, 2.75) is 31.3 Å². The zero-order chi connectivity index (χ0) is 12.4. The van der Waals surface area contributed by atoms with Crippen molar-refractivity contribution in [1.29, 1.82) is 0 Å². The second kappa shape index (κ2) is 4.62. The van der Waals surface area contributed by atoms with Gasteiger partial charge in [0.25, 0.3) is 0 Å². The molecule has 0 radical (unpaired) electrons. The Balaban J connectivity index is 1.86. The summed E-state index contributed by atoms with van der Waals surface area (Å²) in [6.45, 7) is 0.702. The van der Waals surface area contributed by atoms with Crippen molar-refractivity contribution in [3.63, 3.8) is 0 Å². The molecule has 0 saturated heterocycles. The fourth-order valence-electron chi connectivity index (χ4n) is 2.72. The number of hydrogen-bond donors (Lipinski definition) is 1. The van der Waals surface area contributed by atoms with Gasteiger partial charge in [-0.15, -0.1) is 0 Å². The van der Waals surface area contributed by atoms with Crippen molar-refractivity contribution >= 4 is 10.8 Å². The summed E-state index contributed by atoms with van der Waals surface area (Å²) in [5.74, 6) is 0.974. The number of fused-ring (bicyclic) bond motifs is 1. The molecule has 0 spiro atoms. The smallest absolute Gasteiger partial charge is 0.120 e. The predicted octanol–water partition coefficient (Wildman–Crippen LogP) is 3.49. The van der Waals surface area contributed by atoms with E-state index in [-0.39, 0.29) is 5.60 Å². The highest BCUT2D eigenvalue weighted by Gasteiger charge is 2.38. The van der Waals surface area contributed by atoms with Crippen molar-refractivity contribution < 1.29 is 4.74 Å². The first-order chi connectivity index (χ1) is 8.81. The minimum atomic E-state index is 0.0111. The topological polar surface area (TPSA) is 35.2 Å². The van der Waals surface area contributed by atoms with Crippen molar-refractivity contribution in [2.24, 2.45) is 5.73 Å². The van der Waals surface area contributed by atoms with Crippen LogP contribution in [-0.4, -0.2) is 12.1 Å². The summed E-state index contributed by atoms with van der Waals surface area (Å²) < 4.78 is 6.21. The van der Waals surface area contributed by atoms with Crippen LogP contribution >= 0.6 is 0 Å². The van der Waals surface area contributed by atoms with Crippen LogP contribution in [0.3, 0.4) is 0 Å². The van der Waals surface area contributed by atoms with E-state index < -0.39 is 0 Å². The van der Waals surface area contributed by atoms with Crippen molar-refractivity contribution in [1.82, 2.24) is 0 Å². The lowest BCUT2D eigenvalue weighted by Crippen LogP contribution is -2.44. The van der Waals surface area contributed by atoms with E-state index in [1.54, 1.807) is 0 Å². The van der Waals surface area contributed by atoms with Crippen LogP contribution < -0.4 is 10.5 Å². The third kappa shape index (κ3) is 2.08. The molecule has 2 aromatic rings. The normalized spacial score (nSPS) is 17.4. The fraction of sp³-hybridized carbons (Fsp3) is 0.375. The molecule has 2 aromatic carbocycles. The second-order valence-electron chi connectivity index (χ2n) is 5.19. The molecular weight excluding hydrogens is 222 g/mol. The lowest BCUT2D eigenvalue weighted by Gasteiger charge is -2.42. The second-order valence-corrected chi connectivity index (χ2v) is 5.19. The van der Waals surface area contributed by atoms with Crippen molar-refractivity contribution in [2.75, 3.05) is 6.54 Å². The molecule has 94 valence electrons. The van der Waals surface area contributed by atoms with Gasteiger partial charge in [0.15, 0.2) is 0 Å². The number of rotatable bonds is 4. The molecule has 0 unspecified atom stereocenters. The van der Waals surface area contributed by atoms with Crippen LogP contribution in [0.25, 0.3) is 10.8 Å². The minimum absolute atomic E-state index is 0.0111. The molecule has 1 saturated carbocycles. The first kappa shape index (κ1) is 11.5. The van der Waals surface area contributed by atoms with Crippen LogP contribution in [0.4, 0.5) is 0 Å². The summed E-state index contributed by atoms with van der Waals surface area (Å²) in [5.41, 5.74) is 5.70. The van der Waals surface area contributed by atoms with Crippen molar-refractivity contribution in [3.05, 3.63) is 42.5 Å². The Kier molecular flexibility index (Phi) is 2.96. The van der Waals surface area contributed by atoms with Crippen molar-refractivity contribution in [3.8, 4) is 5.75 Å². The van der Waals surface area contributed by atoms with E-state index in [9.17, 15) is 0 Å². The highest BCUT2D eigenvalue weighted by molar-refractivity contribution is 5.83. The maximum absolute atomic E-state index is 6.21. The van der Waals surface area contributed by atoms with Crippen LogP contribution in [0, 0.1) is 0 Å². The van der Waals surface area contributed by atoms with E-state index in [0.717, 1.165) is 25.0 Å². The van der Waals surface area contributed by atoms with Gasteiger partial charge in [-0.25, -0.2) is 0 Å². The Morgan fingerprint density at radius 3 is 2.50 bits per heavy atom. The molecule has 0 amide bonds. The van der Waals surface area contributed by atoms with Crippen LogP contribution in [-0.2, 0) is 0 Å². The molecule has 0 atom stereocenters. The van der Waals surface area contributed by atoms with E-state index in [0.29, 0.717) is 6.54 Å². The lowest BCUT2D eigenvalue weighted by atomic mass is 9.77. The van der Waals surface area contributed by atoms with Crippen LogP contribution in [0.2, 0.25) is 0 Å². The van der Waals surface area contributed by atoms with Crippen LogP contribution in [0.5, 0.6) is 5.75 Å². The van der Waals surface area contributed by atoms with Gasteiger partial charge in [-0.1, -0.05) is 30.3 Å². The van der Waals surface area contributed by atoms with E-state index in [2.05, 4.69) is 42.5 Å². The number of hydrogen-bond acceptors (Lipinski definition) is 2. The molecule has 0 heterocycles. The SMILES string of the molecule is NCCC1(Oc2ccc3ccccc3c2)CCC1. The zero-order valence-electron chi connectivity index (χ0n) is 10.6. The molecule has 0 aromatic heterocycles. The number of nitrogens with two attached hydrogens (primary N) is 1. The molecule has 0 aliphatic heterocycles. The average molecular weight is 241 g/mol. The molecular formula is C16H19NO. The first-order valence-corrected chi connectivity index (χ1v) is 6.69. The zero-order valence-corrected chi connectivity index (χ0v) is 10.6. The summed E-state index contributed by atoms with van der Waals surface area (Å²) in [6, 6.07) is 14.7. The Morgan fingerprint density at radius 1 is 1.06 bits per heavy atom. The average Bonchev–Trinajstić information content (AvgIpc) is 2.36. The molecule has 2 heteroatoms. The highest BCUT2D eigenvalue weighted by atomic mass is 16.5. The summed E-state index contributed by atoms with van der Waals surface area (Å²) in [6.07, 6.45) is 4.49. The minimum Gasteiger partial charge on any atom is -0.487 e. The van der Waals surface area contributed by atoms with Crippen LogP contribution in [0.15, 0.2) is 42.5 Å². The van der Waals surface area contributed by atoms with E-state index in [4.69, 9.17) is 10.5 Å². The number of benzene rings is 2. The Bertz CT molecular complexity index is 546. The van der Waals surface area contributed by atoms with Gasteiger partial charge in [0.2, 0.25) is 0 Å². The van der Waals surface area contributed by atoms with Gasteiger partial charge >= 0.3 is 0 Å². The number of ether oxygens (including phenoxy) is 1. The molecule has 2 N–H and O–H groups in total. The highest BCUT2D eigenvalue weighted by Crippen LogP contribution is 2.39. The maximum atomic E-state index is 6.21. The molecule has 0 bridgehead atoms. The molecule has 1 fully saturated rings. The Labute approximate surface area is 108 Å². The monoisotopic (exact) mass is 241 g/mol. The van der Waals surface area contributed by atoms with Gasteiger partial charge < -0.3 is 10.5 Å². The van der Waals surface area contributed by atoms with E-state index in [1.807, 2.05) is 0 Å². The standard InChI is InChI=1S/C16H19NO/c17-11-10-16(8-3-9-16)18-15-7-6-13-4-1-2-5-14(13)12-15/h1-2,4-7,12H,3,8-11,17H2. The molecule has 2 nitrogen and oxygen atoms in total. The predicted molar refractivity (Wildman–Crippen MR) is 74.8 cm³/mol. The third-order valence-electron chi connectivity index (χ3n) is 3.92. The Hall–Kier alpha value is -1.54. The summed E-state index contributed by atoms with van der Waals surface area (Å²) in [4.78, 5) is 0. The van der Waals surface area contributed by atoms with Gasteiger partial charge in [0.1, 0.15) is 11.4 Å². The molecule has 1 aliphatic carbocycles. The molecule has 1 aliphatic rings. The van der Waals surface area contributed by atoms with Gasteiger partial charge in [-0.05, 0) is 55.1 Å². The fourth-order valence-corrected chi connectivity index (χ4v) is 2.72. The lowest BCUT2D eigenvalue weighted by molar-refractivity contribution is -0.0123. The summed E-state index contributed by atoms with van der Waals surface area (Å²) in [5, 5.41) is 2.49. The largest absolute Gasteiger partial charge is 0.487 e. The summed E-state index contributed by atoms with van der Waals surface area (Å²) in [7, 11) is 0. The van der Waals surface area contributed by atoms with Gasteiger partial charge in [-0.3, -0.25) is 0 Å².